The van der Waals surface area contributed by atoms with Crippen LogP contribution in [-0.2, 0) is 12.1 Å². The lowest BCUT2D eigenvalue weighted by Gasteiger charge is -2.44. The molecule has 0 N–H and O–H groups in total. The largest absolute Gasteiger partial charge is 0.296 e. The molecule has 0 bridgehead atoms. The molecule has 1 fully saturated rings. The van der Waals surface area contributed by atoms with E-state index >= 15 is 0 Å². The third kappa shape index (κ3) is 3.28. The van der Waals surface area contributed by atoms with Crippen molar-refractivity contribution in [3.63, 3.8) is 0 Å². The third-order valence-corrected chi connectivity index (χ3v) is 6.96. The van der Waals surface area contributed by atoms with Gasteiger partial charge < -0.3 is 0 Å². The molecule has 0 saturated carbocycles. The van der Waals surface area contributed by atoms with Crippen LogP contribution in [0.5, 0.6) is 0 Å². The van der Waals surface area contributed by atoms with E-state index < -0.39 is 5.54 Å². The van der Waals surface area contributed by atoms with Crippen LogP contribution in [0.25, 0.3) is 0 Å². The van der Waals surface area contributed by atoms with Gasteiger partial charge >= 0.3 is 0 Å². The van der Waals surface area contributed by atoms with Crippen LogP contribution in [0.1, 0.15) is 37.5 Å². The van der Waals surface area contributed by atoms with E-state index in [0.29, 0.717) is 29.8 Å². The van der Waals surface area contributed by atoms with Crippen molar-refractivity contribution in [2.75, 3.05) is 26.2 Å². The molecule has 6 heteroatoms. The van der Waals surface area contributed by atoms with Crippen LogP contribution in [-0.4, -0.2) is 52.5 Å². The monoisotopic (exact) mass is 445 g/mol. The number of carbonyl (C=O) groups excluding carboxylic acids is 2. The van der Waals surface area contributed by atoms with Gasteiger partial charge in [-0.15, -0.1) is 0 Å². The molecular formula is C26H24ClN3O2. The van der Waals surface area contributed by atoms with Crippen LogP contribution in [0.4, 0.5) is 0 Å². The topological polar surface area (TPSA) is 53.5 Å². The summed E-state index contributed by atoms with van der Waals surface area (Å²) in [6.07, 6.45) is 1.68. The second-order valence-corrected chi connectivity index (χ2v) is 8.86. The summed E-state index contributed by atoms with van der Waals surface area (Å²) in [5.41, 5.74) is 2.26. The van der Waals surface area contributed by atoms with E-state index in [-0.39, 0.29) is 11.6 Å². The number of nitrogens with zero attached hydrogens (tertiary/aromatic N) is 3. The fraction of sp³-hybridized carbons (Fsp3) is 0.269. The first-order valence-electron chi connectivity index (χ1n) is 10.8. The summed E-state index contributed by atoms with van der Waals surface area (Å²) in [5.74, 6) is -0.272. The summed E-state index contributed by atoms with van der Waals surface area (Å²) in [4.78, 5) is 36.4. The van der Waals surface area contributed by atoms with Gasteiger partial charge in [-0.2, -0.15) is 0 Å². The lowest BCUT2D eigenvalue weighted by atomic mass is 9.82. The number of pyridine rings is 1. The maximum Gasteiger partial charge on any atom is 0.196 e. The zero-order chi connectivity index (χ0) is 22.3. The Hall–Kier alpha value is -2.86. The predicted molar refractivity (Wildman–Crippen MR) is 124 cm³/mol. The van der Waals surface area contributed by atoms with E-state index in [1.54, 1.807) is 18.3 Å². The van der Waals surface area contributed by atoms with Crippen molar-refractivity contribution in [3.8, 4) is 0 Å². The quantitative estimate of drug-likeness (QED) is 0.565. The number of hydrogen-bond acceptors (Lipinski definition) is 5. The molecule has 2 aliphatic rings. The maximum atomic E-state index is 13.8. The van der Waals surface area contributed by atoms with Crippen LogP contribution in [0.15, 0.2) is 66.9 Å². The SMILES string of the molecule is Cc1cc(C2(N3CCN(Cc4ccccc4Cl)CC3)C(=O)c3ccccc3C2=O)ccn1. The molecule has 3 aromatic rings. The van der Waals surface area contributed by atoms with E-state index in [4.69, 9.17) is 11.6 Å². The molecule has 2 aromatic carbocycles. The number of fused-ring (bicyclic) bond motifs is 1. The van der Waals surface area contributed by atoms with Crippen molar-refractivity contribution < 1.29 is 9.59 Å². The standard InChI is InChI=1S/C26H24ClN3O2/c1-18-16-20(10-11-28-18)26(24(31)21-7-3-4-8-22(21)25(26)32)30-14-12-29(13-15-30)17-19-6-2-5-9-23(19)27/h2-11,16H,12-15,17H2,1H3. The van der Waals surface area contributed by atoms with E-state index in [0.717, 1.165) is 35.9 Å². The van der Waals surface area contributed by atoms with Crippen molar-refractivity contribution in [1.29, 1.82) is 0 Å². The van der Waals surface area contributed by atoms with Crippen molar-refractivity contribution in [2.45, 2.75) is 19.0 Å². The average molecular weight is 446 g/mol. The second kappa shape index (κ2) is 8.24. The van der Waals surface area contributed by atoms with Crippen molar-refractivity contribution in [1.82, 2.24) is 14.8 Å². The van der Waals surface area contributed by atoms with Gasteiger partial charge in [0.2, 0.25) is 0 Å². The molecular weight excluding hydrogens is 422 g/mol. The van der Waals surface area contributed by atoms with Crippen LogP contribution >= 0.6 is 11.6 Å². The highest BCUT2D eigenvalue weighted by Crippen LogP contribution is 2.43. The van der Waals surface area contributed by atoms with Crippen LogP contribution < -0.4 is 0 Å². The molecule has 0 radical (unpaired) electrons. The Labute approximate surface area is 192 Å². The summed E-state index contributed by atoms with van der Waals surface area (Å²) < 4.78 is 0. The lowest BCUT2D eigenvalue weighted by Crippen LogP contribution is -2.60. The Balaban J connectivity index is 1.48. The molecule has 32 heavy (non-hydrogen) atoms. The number of rotatable bonds is 4. The van der Waals surface area contributed by atoms with Crippen LogP contribution in [0.2, 0.25) is 5.02 Å². The van der Waals surface area contributed by atoms with Crippen molar-refractivity contribution in [3.05, 3.63) is 99.8 Å². The highest BCUT2D eigenvalue weighted by Gasteiger charge is 2.58. The van der Waals surface area contributed by atoms with E-state index in [1.165, 1.54) is 0 Å². The van der Waals surface area contributed by atoms with Gasteiger partial charge in [0.25, 0.3) is 0 Å². The first-order chi connectivity index (χ1) is 15.5. The number of piperazine rings is 1. The fourth-order valence-electron chi connectivity index (χ4n) is 4.98. The first kappa shape index (κ1) is 21.0. The molecule has 1 aliphatic heterocycles. The molecule has 2 heterocycles. The summed E-state index contributed by atoms with van der Waals surface area (Å²) in [6, 6.07) is 18.7. The Morgan fingerprint density at radius 1 is 0.906 bits per heavy atom. The van der Waals surface area contributed by atoms with E-state index in [2.05, 4.69) is 14.8 Å². The third-order valence-electron chi connectivity index (χ3n) is 6.59. The van der Waals surface area contributed by atoms with E-state index in [1.807, 2.05) is 55.5 Å². The number of carbonyl (C=O) groups is 2. The Morgan fingerprint density at radius 2 is 1.53 bits per heavy atom. The van der Waals surface area contributed by atoms with Gasteiger partial charge in [0.05, 0.1) is 0 Å². The van der Waals surface area contributed by atoms with Gasteiger partial charge in [0, 0.05) is 60.8 Å². The molecule has 1 saturated heterocycles. The fourth-order valence-corrected chi connectivity index (χ4v) is 5.18. The van der Waals surface area contributed by atoms with Gasteiger partial charge in [-0.1, -0.05) is 54.1 Å². The number of hydrogen-bond donors (Lipinski definition) is 0. The zero-order valence-electron chi connectivity index (χ0n) is 17.9. The highest BCUT2D eigenvalue weighted by atomic mass is 35.5. The molecule has 1 aliphatic carbocycles. The number of halogens is 1. The number of ketones is 2. The normalized spacial score (nSPS) is 18.7. The van der Waals surface area contributed by atoms with Gasteiger partial charge in [-0.3, -0.25) is 24.4 Å². The van der Waals surface area contributed by atoms with Gasteiger partial charge in [-0.25, -0.2) is 0 Å². The minimum atomic E-state index is -1.33. The number of aromatic nitrogens is 1. The van der Waals surface area contributed by atoms with Crippen LogP contribution in [0.3, 0.4) is 0 Å². The molecule has 5 nitrogen and oxygen atoms in total. The lowest BCUT2D eigenvalue weighted by molar-refractivity contribution is 0.0279. The summed E-state index contributed by atoms with van der Waals surface area (Å²) in [5, 5.41) is 0.759. The summed E-state index contributed by atoms with van der Waals surface area (Å²) in [6.45, 7) is 5.34. The molecule has 5 rings (SSSR count). The minimum absolute atomic E-state index is 0.136. The molecule has 0 unspecified atom stereocenters. The Bertz CT molecular complexity index is 1170. The smallest absolute Gasteiger partial charge is 0.196 e. The number of benzene rings is 2. The first-order valence-corrected chi connectivity index (χ1v) is 11.2. The molecule has 0 amide bonds. The Kier molecular flexibility index (Phi) is 5.41. The average Bonchev–Trinajstić information content (AvgIpc) is 3.04. The molecule has 0 atom stereocenters. The Morgan fingerprint density at radius 3 is 2.16 bits per heavy atom. The highest BCUT2D eigenvalue weighted by molar-refractivity contribution is 6.33. The van der Waals surface area contributed by atoms with Crippen LogP contribution in [0, 0.1) is 6.92 Å². The second-order valence-electron chi connectivity index (χ2n) is 8.45. The van der Waals surface area contributed by atoms with E-state index in [9.17, 15) is 9.59 Å². The zero-order valence-corrected chi connectivity index (χ0v) is 18.7. The molecule has 1 aromatic heterocycles. The summed E-state index contributed by atoms with van der Waals surface area (Å²) >= 11 is 6.35. The minimum Gasteiger partial charge on any atom is -0.296 e. The van der Waals surface area contributed by atoms with Gasteiger partial charge in [0.15, 0.2) is 17.1 Å². The van der Waals surface area contributed by atoms with Gasteiger partial charge in [0.1, 0.15) is 0 Å². The predicted octanol–water partition coefficient (Wildman–Crippen LogP) is 4.14. The van der Waals surface area contributed by atoms with Crippen molar-refractivity contribution in [2.24, 2.45) is 0 Å². The van der Waals surface area contributed by atoms with Crippen molar-refractivity contribution >= 4 is 23.2 Å². The maximum absolute atomic E-state index is 13.8. The number of Topliss-reactive ketones (excluding diaryl/α,β-unsaturated/α-hetero) is 2. The number of aryl methyl sites for hydroxylation is 1. The van der Waals surface area contributed by atoms with Gasteiger partial charge in [-0.05, 0) is 36.2 Å². The molecule has 162 valence electrons. The summed E-state index contributed by atoms with van der Waals surface area (Å²) in [7, 11) is 0. The molecule has 0 spiro atoms.